The number of aryl methyl sites for hydroxylation is 1. The van der Waals surface area contributed by atoms with Crippen LogP contribution in [0.4, 0.5) is 0 Å². The molecular formula is C18H28N2O. The number of rotatable bonds is 5. The van der Waals surface area contributed by atoms with Crippen molar-refractivity contribution in [3.63, 3.8) is 0 Å². The van der Waals surface area contributed by atoms with Crippen LogP contribution in [0.2, 0.25) is 0 Å². The van der Waals surface area contributed by atoms with Crippen molar-refractivity contribution in [2.24, 2.45) is 17.6 Å². The summed E-state index contributed by atoms with van der Waals surface area (Å²) in [6, 6.07) is 6.52. The molecule has 3 heteroatoms. The summed E-state index contributed by atoms with van der Waals surface area (Å²) in [5.41, 5.74) is 9.13. The maximum atomic E-state index is 6.29. The molecule has 116 valence electrons. The summed E-state index contributed by atoms with van der Waals surface area (Å²) in [5, 5.41) is 0. The Balaban J connectivity index is 1.94. The second-order valence-corrected chi connectivity index (χ2v) is 6.97. The van der Waals surface area contributed by atoms with Gasteiger partial charge in [0.15, 0.2) is 0 Å². The van der Waals surface area contributed by atoms with Gasteiger partial charge in [-0.15, -0.1) is 0 Å². The summed E-state index contributed by atoms with van der Waals surface area (Å²) in [6.45, 7) is 4.20. The van der Waals surface area contributed by atoms with Gasteiger partial charge in [-0.1, -0.05) is 13.0 Å². The Kier molecular flexibility index (Phi) is 3.98. The van der Waals surface area contributed by atoms with Gasteiger partial charge in [0.2, 0.25) is 0 Å². The third kappa shape index (κ3) is 2.58. The number of hydrogen-bond donors (Lipinski definition) is 1. The van der Waals surface area contributed by atoms with E-state index in [1.165, 1.54) is 24.0 Å². The van der Waals surface area contributed by atoms with Crippen LogP contribution in [0.1, 0.15) is 37.3 Å². The lowest BCUT2D eigenvalue weighted by atomic mass is 9.75. The Bertz CT molecular complexity index is 516. The number of methoxy groups -OCH3 is 1. The van der Waals surface area contributed by atoms with Crippen LogP contribution >= 0.6 is 0 Å². The molecule has 3 unspecified atom stereocenters. The largest absolute Gasteiger partial charge is 0.497 e. The van der Waals surface area contributed by atoms with Crippen molar-refractivity contribution >= 4 is 0 Å². The minimum atomic E-state index is -0.00949. The highest BCUT2D eigenvalue weighted by Crippen LogP contribution is 2.44. The zero-order valence-corrected chi connectivity index (χ0v) is 13.6. The quantitative estimate of drug-likeness (QED) is 0.905. The molecule has 3 nitrogen and oxygen atoms in total. The van der Waals surface area contributed by atoms with Crippen molar-refractivity contribution in [3.05, 3.63) is 29.3 Å². The van der Waals surface area contributed by atoms with E-state index in [0.717, 1.165) is 37.0 Å². The van der Waals surface area contributed by atoms with Crippen molar-refractivity contribution in [1.29, 1.82) is 0 Å². The predicted octanol–water partition coefficient (Wildman–Crippen LogP) is 2.77. The second-order valence-electron chi connectivity index (χ2n) is 6.97. The second kappa shape index (κ2) is 5.62. The van der Waals surface area contributed by atoms with Crippen LogP contribution in [0, 0.1) is 11.8 Å². The molecule has 0 bridgehead atoms. The van der Waals surface area contributed by atoms with E-state index in [1.807, 2.05) is 0 Å². The Hall–Kier alpha value is -1.06. The fourth-order valence-corrected chi connectivity index (χ4v) is 3.98. The van der Waals surface area contributed by atoms with Crippen LogP contribution in [0.25, 0.3) is 0 Å². The van der Waals surface area contributed by atoms with E-state index in [-0.39, 0.29) is 5.54 Å². The average molecular weight is 288 g/mol. The number of fused-ring (bicyclic) bond motifs is 1. The maximum Gasteiger partial charge on any atom is 0.119 e. The van der Waals surface area contributed by atoms with E-state index in [2.05, 4.69) is 37.1 Å². The van der Waals surface area contributed by atoms with Gasteiger partial charge in [-0.05, 0) is 67.8 Å². The van der Waals surface area contributed by atoms with Gasteiger partial charge < -0.3 is 10.5 Å². The van der Waals surface area contributed by atoms with E-state index in [1.54, 1.807) is 7.11 Å². The number of nitrogens with two attached hydrogens (primary N) is 1. The normalized spacial score (nSPS) is 31.1. The molecule has 0 aromatic heterocycles. The molecule has 1 saturated carbocycles. The molecule has 0 radical (unpaired) electrons. The van der Waals surface area contributed by atoms with Crippen LogP contribution in [-0.2, 0) is 12.0 Å². The van der Waals surface area contributed by atoms with Gasteiger partial charge in [-0.2, -0.15) is 0 Å². The molecule has 1 fully saturated rings. The minimum Gasteiger partial charge on any atom is -0.497 e. The Morgan fingerprint density at radius 1 is 1.43 bits per heavy atom. The summed E-state index contributed by atoms with van der Waals surface area (Å²) < 4.78 is 5.45. The molecule has 1 aromatic carbocycles. The first-order chi connectivity index (χ1) is 10.1. The summed E-state index contributed by atoms with van der Waals surface area (Å²) >= 11 is 0. The Morgan fingerprint density at radius 3 is 2.81 bits per heavy atom. The SMILES string of the molecule is COc1ccc2c(c1)C(CN)(N(C)CC1CC1C)CCC2. The standard InChI is InChI=1S/C18H28N2O/c1-13-9-15(13)11-20(2)18(12-19)8-4-5-14-6-7-16(21-3)10-17(14)18/h6-7,10,13,15H,4-5,8-9,11-12,19H2,1-3H3. The first-order valence-corrected chi connectivity index (χ1v) is 8.19. The molecule has 0 heterocycles. The number of likely N-dealkylation sites (N-methyl/N-ethyl adjacent to an activating group) is 1. The molecule has 2 aliphatic carbocycles. The summed E-state index contributed by atoms with van der Waals surface area (Å²) in [7, 11) is 4.00. The number of nitrogens with zero attached hydrogens (tertiary/aromatic N) is 1. The topological polar surface area (TPSA) is 38.5 Å². The average Bonchev–Trinajstić information content (AvgIpc) is 3.20. The van der Waals surface area contributed by atoms with Crippen molar-refractivity contribution in [2.45, 2.75) is 38.1 Å². The summed E-state index contributed by atoms with van der Waals surface area (Å²) in [6.07, 6.45) is 4.91. The lowest BCUT2D eigenvalue weighted by Gasteiger charge is -2.45. The van der Waals surface area contributed by atoms with Gasteiger partial charge >= 0.3 is 0 Å². The highest BCUT2D eigenvalue weighted by atomic mass is 16.5. The molecule has 1 aromatic rings. The van der Waals surface area contributed by atoms with Gasteiger partial charge in [0.05, 0.1) is 12.6 Å². The van der Waals surface area contributed by atoms with E-state index >= 15 is 0 Å². The first-order valence-electron chi connectivity index (χ1n) is 8.19. The lowest BCUT2D eigenvalue weighted by Crippen LogP contribution is -2.52. The van der Waals surface area contributed by atoms with Crippen LogP contribution in [0.3, 0.4) is 0 Å². The number of hydrogen-bond acceptors (Lipinski definition) is 3. The fraction of sp³-hybridized carbons (Fsp3) is 0.667. The summed E-state index contributed by atoms with van der Waals surface area (Å²) in [4.78, 5) is 2.53. The van der Waals surface area contributed by atoms with Crippen LogP contribution in [0.5, 0.6) is 5.75 Å². The van der Waals surface area contributed by atoms with Crippen molar-refractivity contribution in [1.82, 2.24) is 4.90 Å². The molecular weight excluding hydrogens is 260 g/mol. The molecule has 0 saturated heterocycles. The van der Waals surface area contributed by atoms with Crippen LogP contribution in [-0.4, -0.2) is 32.1 Å². The first kappa shape index (κ1) is 14.9. The van der Waals surface area contributed by atoms with E-state index < -0.39 is 0 Å². The fourth-order valence-electron chi connectivity index (χ4n) is 3.98. The Labute approximate surface area is 128 Å². The zero-order valence-electron chi connectivity index (χ0n) is 13.6. The lowest BCUT2D eigenvalue weighted by molar-refractivity contribution is 0.0966. The van der Waals surface area contributed by atoms with Gasteiger partial charge in [-0.3, -0.25) is 4.90 Å². The maximum absolute atomic E-state index is 6.29. The van der Waals surface area contributed by atoms with Crippen LogP contribution in [0.15, 0.2) is 18.2 Å². The number of ether oxygens (including phenoxy) is 1. The molecule has 2 aliphatic rings. The monoisotopic (exact) mass is 288 g/mol. The van der Waals surface area contributed by atoms with Crippen molar-refractivity contribution in [3.8, 4) is 5.75 Å². The Morgan fingerprint density at radius 2 is 2.19 bits per heavy atom. The molecule has 3 rings (SSSR count). The molecule has 0 aliphatic heterocycles. The highest BCUT2D eigenvalue weighted by molar-refractivity contribution is 5.42. The van der Waals surface area contributed by atoms with E-state index in [0.29, 0.717) is 6.54 Å². The third-order valence-electron chi connectivity index (χ3n) is 5.71. The molecule has 0 amide bonds. The van der Waals surface area contributed by atoms with E-state index in [9.17, 15) is 0 Å². The molecule has 2 N–H and O–H groups in total. The van der Waals surface area contributed by atoms with Crippen molar-refractivity contribution < 1.29 is 4.74 Å². The smallest absolute Gasteiger partial charge is 0.119 e. The van der Waals surface area contributed by atoms with Gasteiger partial charge in [0.25, 0.3) is 0 Å². The highest BCUT2D eigenvalue weighted by Gasteiger charge is 2.43. The van der Waals surface area contributed by atoms with Gasteiger partial charge in [0, 0.05) is 13.1 Å². The molecule has 21 heavy (non-hydrogen) atoms. The third-order valence-corrected chi connectivity index (χ3v) is 5.71. The van der Waals surface area contributed by atoms with Gasteiger partial charge in [0.1, 0.15) is 5.75 Å². The van der Waals surface area contributed by atoms with Crippen molar-refractivity contribution in [2.75, 3.05) is 27.2 Å². The van der Waals surface area contributed by atoms with Crippen LogP contribution < -0.4 is 10.5 Å². The molecule has 3 atom stereocenters. The minimum absolute atomic E-state index is 0.00949. The predicted molar refractivity (Wildman–Crippen MR) is 86.6 cm³/mol. The summed E-state index contributed by atoms with van der Waals surface area (Å²) in [5.74, 6) is 2.69. The van der Waals surface area contributed by atoms with Gasteiger partial charge in [-0.25, -0.2) is 0 Å². The van der Waals surface area contributed by atoms with E-state index in [4.69, 9.17) is 10.5 Å². The zero-order chi connectivity index (χ0) is 15.0. The molecule has 0 spiro atoms. The number of benzene rings is 1.